The quantitative estimate of drug-likeness (QED) is 0.299. The van der Waals surface area contributed by atoms with E-state index in [1.807, 2.05) is 37.5 Å². The highest BCUT2D eigenvalue weighted by Gasteiger charge is 2.25. The Balaban J connectivity index is 2.14. The molecule has 0 radical (unpaired) electrons. The summed E-state index contributed by atoms with van der Waals surface area (Å²) in [5, 5.41) is 8.10. The van der Waals surface area contributed by atoms with Crippen molar-refractivity contribution in [2.24, 2.45) is 0 Å². The van der Waals surface area contributed by atoms with Crippen molar-refractivity contribution in [1.29, 1.82) is 0 Å². The van der Waals surface area contributed by atoms with Crippen LogP contribution in [0.1, 0.15) is 65.7 Å². The molecule has 1 amide bonds. The summed E-state index contributed by atoms with van der Waals surface area (Å²) in [6, 6.07) is 8.06. The van der Waals surface area contributed by atoms with Gasteiger partial charge in [-0.05, 0) is 61.4 Å². The molecule has 0 saturated heterocycles. The molecule has 0 aliphatic heterocycles. The number of rotatable bonds is 9. The SMILES string of the molecule is CC/C=C(\NC)c1cc(C(=O)NC2CC2)cn(Cc2cccc(C)c2C(C)=C=CSI)c1=O. The maximum Gasteiger partial charge on any atom is 0.260 e. The largest absolute Gasteiger partial charge is 0.388 e. The van der Waals surface area contributed by atoms with Gasteiger partial charge in [0.25, 0.3) is 11.5 Å². The van der Waals surface area contributed by atoms with Crippen molar-refractivity contribution in [2.75, 3.05) is 7.05 Å². The average molecular weight is 576 g/mol. The van der Waals surface area contributed by atoms with Crippen LogP contribution in [0.4, 0.5) is 0 Å². The fraction of sp³-hybridized carbons (Fsp3) is 0.346. The van der Waals surface area contributed by atoms with E-state index in [0.29, 0.717) is 17.7 Å². The molecule has 0 spiro atoms. The van der Waals surface area contributed by atoms with Crippen LogP contribution in [0.3, 0.4) is 0 Å². The molecule has 1 saturated carbocycles. The number of allylic oxidation sites excluding steroid dienone is 2. The molecule has 3 rings (SSSR count). The number of carbonyl (C=O) groups is 1. The molecule has 1 aliphatic rings. The first-order chi connectivity index (χ1) is 15.9. The van der Waals surface area contributed by atoms with E-state index < -0.39 is 0 Å². The standard InChI is InChI=1S/C26H30IN3O2S/c1-5-7-23(28-4)22-14-20(25(31)29-21-10-11-21)16-30(26(22)32)15-19-9-6-8-17(2)24(19)18(3)12-13-33-27/h6-9,13-14,16,21,28H,5,10-11,15H2,1-4H3,(H,29,31)/b23-7-. The number of nitrogens with one attached hydrogen (secondary N) is 2. The van der Waals surface area contributed by atoms with Gasteiger partial charge in [0.15, 0.2) is 0 Å². The van der Waals surface area contributed by atoms with Crippen molar-refractivity contribution < 1.29 is 4.79 Å². The molecule has 174 valence electrons. The lowest BCUT2D eigenvalue weighted by Gasteiger charge is -2.17. The van der Waals surface area contributed by atoms with Gasteiger partial charge < -0.3 is 15.2 Å². The Hall–Kier alpha value is -2.22. The van der Waals surface area contributed by atoms with Crippen LogP contribution in [-0.2, 0) is 6.54 Å². The first-order valence-electron chi connectivity index (χ1n) is 11.1. The molecule has 1 aromatic carbocycles. The number of amides is 1. The third kappa shape index (κ3) is 6.43. The van der Waals surface area contributed by atoms with E-state index in [0.717, 1.165) is 47.2 Å². The second kappa shape index (κ2) is 11.8. The van der Waals surface area contributed by atoms with Gasteiger partial charge in [-0.2, -0.15) is 0 Å². The smallest absolute Gasteiger partial charge is 0.260 e. The fourth-order valence-corrected chi connectivity index (χ4v) is 4.48. The molecule has 33 heavy (non-hydrogen) atoms. The molecule has 7 heteroatoms. The van der Waals surface area contributed by atoms with Crippen LogP contribution >= 0.6 is 30.1 Å². The van der Waals surface area contributed by atoms with Crippen molar-refractivity contribution >= 4 is 47.3 Å². The zero-order valence-electron chi connectivity index (χ0n) is 19.5. The van der Waals surface area contributed by atoms with Crippen LogP contribution < -0.4 is 16.2 Å². The molecule has 2 N–H and O–H groups in total. The van der Waals surface area contributed by atoms with E-state index in [1.165, 1.54) is 0 Å². The first kappa shape index (κ1) is 25.4. The normalized spacial score (nSPS) is 13.3. The Morgan fingerprint density at radius 2 is 2.12 bits per heavy atom. The molecule has 1 fully saturated rings. The number of aromatic nitrogens is 1. The molecule has 2 aromatic rings. The van der Waals surface area contributed by atoms with Crippen molar-refractivity contribution in [3.05, 3.63) is 85.8 Å². The van der Waals surface area contributed by atoms with E-state index in [2.05, 4.69) is 50.6 Å². The third-order valence-electron chi connectivity index (χ3n) is 5.62. The first-order valence-corrected chi connectivity index (χ1v) is 14.5. The zero-order valence-corrected chi connectivity index (χ0v) is 22.5. The van der Waals surface area contributed by atoms with Gasteiger partial charge >= 0.3 is 0 Å². The Bertz CT molecular complexity index is 1190. The number of halogens is 1. The molecule has 0 unspecified atom stereocenters. The Morgan fingerprint density at radius 1 is 1.36 bits per heavy atom. The minimum Gasteiger partial charge on any atom is -0.388 e. The summed E-state index contributed by atoms with van der Waals surface area (Å²) in [5.41, 5.74) is 9.18. The van der Waals surface area contributed by atoms with Gasteiger partial charge in [-0.3, -0.25) is 9.59 Å². The van der Waals surface area contributed by atoms with Gasteiger partial charge in [-0.25, -0.2) is 0 Å². The molecular formula is C26H30IN3O2S. The third-order valence-corrected chi connectivity index (χ3v) is 6.59. The number of nitrogens with zero attached hydrogens (tertiary/aromatic N) is 1. The highest BCUT2D eigenvalue weighted by molar-refractivity contribution is 14.2. The number of carbonyl (C=O) groups excluding carboxylic acids is 1. The van der Waals surface area contributed by atoms with E-state index in [-0.39, 0.29) is 17.5 Å². The Labute approximate surface area is 212 Å². The number of hydrogen-bond acceptors (Lipinski definition) is 4. The van der Waals surface area contributed by atoms with Crippen LogP contribution in [0.25, 0.3) is 11.3 Å². The van der Waals surface area contributed by atoms with Gasteiger partial charge in [-0.1, -0.05) is 40.1 Å². The Kier molecular flexibility index (Phi) is 9.06. The maximum absolute atomic E-state index is 13.5. The van der Waals surface area contributed by atoms with Gasteiger partial charge in [0.05, 0.1) is 17.7 Å². The highest BCUT2D eigenvalue weighted by atomic mass is 127. The van der Waals surface area contributed by atoms with E-state index in [1.54, 1.807) is 32.8 Å². The number of hydrogen-bond donors (Lipinski definition) is 2. The minimum absolute atomic E-state index is 0.125. The van der Waals surface area contributed by atoms with Crippen LogP contribution in [0, 0.1) is 6.92 Å². The van der Waals surface area contributed by atoms with Gasteiger partial charge in [-0.15, -0.1) is 5.73 Å². The number of aryl methyl sites for hydroxylation is 1. The van der Waals surface area contributed by atoms with E-state index >= 15 is 0 Å². The Morgan fingerprint density at radius 3 is 2.76 bits per heavy atom. The van der Waals surface area contributed by atoms with Crippen molar-refractivity contribution in [1.82, 2.24) is 15.2 Å². The van der Waals surface area contributed by atoms with Crippen molar-refractivity contribution in [2.45, 2.75) is 52.6 Å². The van der Waals surface area contributed by atoms with Gasteiger partial charge in [0.2, 0.25) is 0 Å². The molecule has 0 atom stereocenters. The summed E-state index contributed by atoms with van der Waals surface area (Å²) in [5.74, 6) is -0.137. The average Bonchev–Trinajstić information content (AvgIpc) is 3.61. The maximum atomic E-state index is 13.5. The monoisotopic (exact) mass is 575 g/mol. The second-order valence-corrected chi connectivity index (χ2v) is 10.1. The minimum atomic E-state index is -0.137. The molecule has 1 aromatic heterocycles. The van der Waals surface area contributed by atoms with E-state index in [9.17, 15) is 9.59 Å². The lowest BCUT2D eigenvalue weighted by Crippen LogP contribution is -2.31. The molecule has 1 aliphatic carbocycles. The summed E-state index contributed by atoms with van der Waals surface area (Å²) in [4.78, 5) is 26.4. The predicted octanol–water partition coefficient (Wildman–Crippen LogP) is 5.67. The second-order valence-electron chi connectivity index (χ2n) is 8.18. The lowest BCUT2D eigenvalue weighted by molar-refractivity contribution is 0.0950. The summed E-state index contributed by atoms with van der Waals surface area (Å²) < 4.78 is 1.65. The summed E-state index contributed by atoms with van der Waals surface area (Å²) in [7, 11) is 3.37. The number of pyridine rings is 1. The fourth-order valence-electron chi connectivity index (χ4n) is 3.88. The number of benzene rings is 1. The van der Waals surface area contributed by atoms with Gasteiger partial charge in [0.1, 0.15) is 0 Å². The van der Waals surface area contributed by atoms with Crippen molar-refractivity contribution in [3.8, 4) is 0 Å². The van der Waals surface area contributed by atoms with E-state index in [4.69, 9.17) is 0 Å². The molecule has 0 bridgehead atoms. The highest BCUT2D eigenvalue weighted by Crippen LogP contribution is 2.25. The molecule has 1 heterocycles. The zero-order chi connectivity index (χ0) is 24.0. The topological polar surface area (TPSA) is 63.1 Å². The summed E-state index contributed by atoms with van der Waals surface area (Å²) in [6.45, 7) is 6.49. The van der Waals surface area contributed by atoms with Crippen molar-refractivity contribution in [3.63, 3.8) is 0 Å². The summed E-state index contributed by atoms with van der Waals surface area (Å²) >= 11 is 2.21. The van der Waals surface area contributed by atoms with Crippen LogP contribution in [-0.4, -0.2) is 23.6 Å². The molecular weight excluding hydrogens is 545 g/mol. The molecule has 5 nitrogen and oxygen atoms in total. The lowest BCUT2D eigenvalue weighted by atomic mass is 9.96. The predicted molar refractivity (Wildman–Crippen MR) is 148 cm³/mol. The van der Waals surface area contributed by atoms with Crippen LogP contribution in [0.15, 0.2) is 52.5 Å². The van der Waals surface area contributed by atoms with Gasteiger partial charge in [0, 0.05) is 51.6 Å². The van der Waals surface area contributed by atoms with Crippen LogP contribution in [0.5, 0.6) is 0 Å². The van der Waals surface area contributed by atoms with Crippen LogP contribution in [0.2, 0.25) is 0 Å². The summed E-state index contributed by atoms with van der Waals surface area (Å²) in [6.07, 6.45) is 6.46.